The van der Waals surface area contributed by atoms with Crippen molar-refractivity contribution in [3.8, 4) is 5.75 Å². The van der Waals surface area contributed by atoms with E-state index in [1.165, 1.54) is 28.4 Å². The van der Waals surface area contributed by atoms with E-state index >= 15 is 0 Å². The van der Waals surface area contributed by atoms with Crippen LogP contribution in [0, 0.1) is 5.82 Å². The van der Waals surface area contributed by atoms with Crippen molar-refractivity contribution < 1.29 is 13.9 Å². The highest BCUT2D eigenvalue weighted by atomic mass is 35.5. The van der Waals surface area contributed by atoms with E-state index in [0.29, 0.717) is 29.6 Å². The number of thiazole rings is 1. The Hall–Kier alpha value is -2.70. The van der Waals surface area contributed by atoms with Crippen LogP contribution >= 0.6 is 22.9 Å². The first-order valence-corrected chi connectivity index (χ1v) is 9.79. The van der Waals surface area contributed by atoms with E-state index in [-0.39, 0.29) is 12.1 Å². The van der Waals surface area contributed by atoms with Gasteiger partial charge in [-0.25, -0.2) is 9.37 Å². The monoisotopic (exact) mass is 416 g/mol. The zero-order chi connectivity index (χ0) is 19.9. The highest BCUT2D eigenvalue weighted by molar-refractivity contribution is 7.09. The van der Waals surface area contributed by atoms with Crippen LogP contribution in [0.4, 0.5) is 4.39 Å². The van der Waals surface area contributed by atoms with Crippen molar-refractivity contribution in [3.63, 3.8) is 0 Å². The van der Waals surface area contributed by atoms with Crippen LogP contribution in [0.25, 0.3) is 0 Å². The molecule has 1 aromatic heterocycles. The topological polar surface area (TPSA) is 42.4 Å². The van der Waals surface area contributed by atoms with Gasteiger partial charge in [0.2, 0.25) is 0 Å². The van der Waals surface area contributed by atoms with Crippen LogP contribution in [0.2, 0.25) is 5.02 Å². The molecule has 1 amide bonds. The molecule has 28 heavy (non-hydrogen) atoms. The number of nitrogens with zero attached hydrogens (tertiary/aromatic N) is 2. The summed E-state index contributed by atoms with van der Waals surface area (Å²) in [6.07, 6.45) is 1.61. The number of aromatic nitrogens is 1. The maximum Gasteiger partial charge on any atom is 0.257 e. The van der Waals surface area contributed by atoms with E-state index in [9.17, 15) is 9.18 Å². The molecule has 0 atom stereocenters. The lowest BCUT2D eigenvalue weighted by molar-refractivity contribution is 0.0756. The standard InChI is InChI=1S/C21H18ClFN2O2S/c1-2-10-25(21(26)18-8-3-4-9-19(18)23)12-16-14-28-20(24-16)13-27-17-7-5-6-15(22)11-17/h2-9,11,14H,1,10,12-13H2. The first-order valence-electron chi connectivity index (χ1n) is 8.53. The van der Waals surface area contributed by atoms with Crippen LogP contribution in [0.5, 0.6) is 5.75 Å². The molecule has 7 heteroatoms. The summed E-state index contributed by atoms with van der Waals surface area (Å²) in [6, 6.07) is 13.1. The molecule has 0 aliphatic heterocycles. The Bertz CT molecular complexity index is 976. The van der Waals surface area contributed by atoms with Crippen LogP contribution in [0.15, 0.2) is 66.6 Å². The van der Waals surface area contributed by atoms with Gasteiger partial charge in [-0.2, -0.15) is 0 Å². The van der Waals surface area contributed by atoms with Gasteiger partial charge in [0, 0.05) is 16.9 Å². The van der Waals surface area contributed by atoms with Crippen LogP contribution in [0.1, 0.15) is 21.1 Å². The number of benzene rings is 2. The molecule has 0 fully saturated rings. The Morgan fingerprint density at radius 2 is 2.11 bits per heavy atom. The molecule has 144 valence electrons. The highest BCUT2D eigenvalue weighted by Gasteiger charge is 2.19. The quantitative estimate of drug-likeness (QED) is 0.465. The van der Waals surface area contributed by atoms with Crippen molar-refractivity contribution in [2.45, 2.75) is 13.2 Å². The molecule has 0 N–H and O–H groups in total. The number of carbonyl (C=O) groups excluding carboxylic acids is 1. The van der Waals surface area contributed by atoms with Gasteiger partial charge in [-0.1, -0.05) is 35.9 Å². The first-order chi connectivity index (χ1) is 13.6. The predicted molar refractivity (Wildman–Crippen MR) is 109 cm³/mol. The van der Waals surface area contributed by atoms with Crippen LogP contribution in [-0.4, -0.2) is 22.3 Å². The molecule has 0 saturated heterocycles. The fourth-order valence-corrected chi connectivity index (χ4v) is 3.44. The lowest BCUT2D eigenvalue weighted by Gasteiger charge is -2.20. The van der Waals surface area contributed by atoms with Crippen molar-refractivity contribution in [1.29, 1.82) is 0 Å². The third-order valence-corrected chi connectivity index (χ3v) is 4.96. The molecule has 0 saturated carbocycles. The minimum atomic E-state index is -0.546. The average Bonchev–Trinajstić information content (AvgIpc) is 3.13. The molecule has 1 heterocycles. The molecule has 0 unspecified atom stereocenters. The van der Waals surface area contributed by atoms with Crippen LogP contribution in [-0.2, 0) is 13.2 Å². The zero-order valence-corrected chi connectivity index (χ0v) is 16.5. The molecule has 0 radical (unpaired) electrons. The average molecular weight is 417 g/mol. The summed E-state index contributed by atoms with van der Waals surface area (Å²) < 4.78 is 19.6. The van der Waals surface area contributed by atoms with Gasteiger partial charge in [-0.15, -0.1) is 17.9 Å². The summed E-state index contributed by atoms with van der Waals surface area (Å²) in [4.78, 5) is 18.7. The van der Waals surface area contributed by atoms with E-state index in [2.05, 4.69) is 11.6 Å². The van der Waals surface area contributed by atoms with E-state index in [4.69, 9.17) is 16.3 Å². The van der Waals surface area contributed by atoms with Gasteiger partial charge in [0.25, 0.3) is 5.91 Å². The minimum absolute atomic E-state index is 0.0316. The maximum atomic E-state index is 14.0. The second-order valence-corrected chi connectivity index (χ2v) is 7.31. The number of amides is 1. The molecule has 0 aliphatic carbocycles. The number of hydrogen-bond acceptors (Lipinski definition) is 4. The van der Waals surface area contributed by atoms with Gasteiger partial charge in [0.15, 0.2) is 0 Å². The van der Waals surface area contributed by atoms with Gasteiger partial charge in [0.05, 0.1) is 17.8 Å². The lowest BCUT2D eigenvalue weighted by atomic mass is 10.2. The Kier molecular flexibility index (Phi) is 6.79. The summed E-state index contributed by atoms with van der Waals surface area (Å²) in [6.45, 7) is 4.53. The lowest BCUT2D eigenvalue weighted by Crippen LogP contribution is -2.31. The Morgan fingerprint density at radius 1 is 1.29 bits per heavy atom. The van der Waals surface area contributed by atoms with Crippen molar-refractivity contribution in [2.24, 2.45) is 0 Å². The molecule has 0 aliphatic rings. The molecule has 2 aromatic carbocycles. The van der Waals surface area contributed by atoms with Gasteiger partial charge < -0.3 is 9.64 Å². The number of hydrogen-bond donors (Lipinski definition) is 0. The van der Waals surface area contributed by atoms with E-state index in [1.807, 2.05) is 17.5 Å². The number of rotatable bonds is 8. The number of halogens is 2. The molecule has 0 bridgehead atoms. The summed E-state index contributed by atoms with van der Waals surface area (Å²) in [5.41, 5.74) is 0.741. The van der Waals surface area contributed by atoms with Crippen molar-refractivity contribution in [1.82, 2.24) is 9.88 Å². The zero-order valence-electron chi connectivity index (χ0n) is 15.0. The van der Waals surface area contributed by atoms with Gasteiger partial charge >= 0.3 is 0 Å². The maximum absolute atomic E-state index is 14.0. The normalized spacial score (nSPS) is 10.5. The largest absolute Gasteiger partial charge is 0.486 e. The highest BCUT2D eigenvalue weighted by Crippen LogP contribution is 2.20. The van der Waals surface area contributed by atoms with Crippen molar-refractivity contribution in [3.05, 3.63) is 93.7 Å². The molecular formula is C21H18ClFN2O2S. The van der Waals surface area contributed by atoms with E-state index < -0.39 is 11.7 Å². The van der Waals surface area contributed by atoms with Crippen LogP contribution < -0.4 is 4.74 Å². The molecule has 3 rings (SSSR count). The molecule has 4 nitrogen and oxygen atoms in total. The SMILES string of the molecule is C=CCN(Cc1csc(COc2cccc(Cl)c2)n1)C(=O)c1ccccc1F. The second-order valence-electron chi connectivity index (χ2n) is 5.93. The van der Waals surface area contributed by atoms with E-state index in [0.717, 1.165) is 5.01 Å². The Labute approximate surface area is 171 Å². The summed E-state index contributed by atoms with van der Waals surface area (Å²) in [5, 5.41) is 3.23. The number of carbonyl (C=O) groups is 1. The Morgan fingerprint density at radius 3 is 2.86 bits per heavy atom. The van der Waals surface area contributed by atoms with Crippen molar-refractivity contribution >= 4 is 28.8 Å². The predicted octanol–water partition coefficient (Wildman–Crippen LogP) is 5.34. The summed E-state index contributed by atoms with van der Waals surface area (Å²) >= 11 is 7.38. The van der Waals surface area contributed by atoms with Crippen LogP contribution in [0.3, 0.4) is 0 Å². The molecule has 3 aromatic rings. The summed E-state index contributed by atoms with van der Waals surface area (Å²) in [5.74, 6) is -0.287. The second kappa shape index (κ2) is 9.48. The van der Waals surface area contributed by atoms with Gasteiger partial charge in [0.1, 0.15) is 23.2 Å². The third kappa shape index (κ3) is 5.18. The smallest absolute Gasteiger partial charge is 0.257 e. The fourth-order valence-electron chi connectivity index (χ4n) is 2.57. The first kappa shape index (κ1) is 20.0. The van der Waals surface area contributed by atoms with Gasteiger partial charge in [-0.05, 0) is 30.3 Å². The number of ether oxygens (including phenoxy) is 1. The third-order valence-electron chi connectivity index (χ3n) is 3.85. The van der Waals surface area contributed by atoms with E-state index in [1.54, 1.807) is 30.3 Å². The minimum Gasteiger partial charge on any atom is -0.486 e. The molecular weight excluding hydrogens is 399 g/mol. The Balaban J connectivity index is 1.66. The van der Waals surface area contributed by atoms with Crippen molar-refractivity contribution in [2.75, 3.05) is 6.54 Å². The summed E-state index contributed by atoms with van der Waals surface area (Å²) in [7, 11) is 0. The fraction of sp³-hybridized carbons (Fsp3) is 0.143. The molecule has 0 spiro atoms. The van der Waals surface area contributed by atoms with Gasteiger partial charge in [-0.3, -0.25) is 4.79 Å².